The number of nitrogens with one attached hydrogen (secondary N) is 2. The van der Waals surface area contributed by atoms with Crippen LogP contribution in [-0.2, 0) is 25.8 Å². The van der Waals surface area contributed by atoms with E-state index in [0.29, 0.717) is 6.54 Å². The molecule has 1 aliphatic rings. The average Bonchev–Trinajstić information content (AvgIpc) is 2.90. The molecule has 0 fully saturated rings. The minimum Gasteiger partial charge on any atom is -0.364 e. The summed E-state index contributed by atoms with van der Waals surface area (Å²) in [6.07, 6.45) is 6.79. The van der Waals surface area contributed by atoms with Crippen LogP contribution in [0.2, 0.25) is 0 Å². The fraction of sp³-hybridized carbons (Fsp3) is 0.421. The average molecular weight is 336 g/mol. The van der Waals surface area contributed by atoms with Crippen LogP contribution in [-0.4, -0.2) is 32.4 Å². The molecule has 0 saturated heterocycles. The molecule has 0 atom stereocenters. The van der Waals surface area contributed by atoms with Crippen molar-refractivity contribution in [1.29, 1.82) is 0 Å². The fourth-order valence-electron chi connectivity index (χ4n) is 3.41. The van der Waals surface area contributed by atoms with Gasteiger partial charge in [0.05, 0.1) is 24.1 Å². The number of hydrogen-bond acceptors (Lipinski definition) is 5. The maximum Gasteiger partial charge on any atom is 0.139 e. The Kier molecular flexibility index (Phi) is 4.36. The van der Waals surface area contributed by atoms with E-state index in [1.165, 1.54) is 16.8 Å². The lowest BCUT2D eigenvalue weighted by atomic mass is 10.1. The number of hydrogen-bond donors (Lipinski definition) is 2. The highest BCUT2D eigenvalue weighted by Gasteiger charge is 2.16. The van der Waals surface area contributed by atoms with E-state index in [0.717, 1.165) is 55.3 Å². The van der Waals surface area contributed by atoms with Crippen LogP contribution in [0, 0.1) is 6.92 Å². The minimum absolute atomic E-state index is 0.699. The molecule has 4 rings (SSSR count). The number of aryl methyl sites for hydroxylation is 2. The first kappa shape index (κ1) is 16.0. The second-order valence-electron chi connectivity index (χ2n) is 6.51. The lowest BCUT2D eigenvalue weighted by molar-refractivity contribution is 0.708. The molecule has 3 aromatic rings. The molecule has 0 bridgehead atoms. The molecule has 0 amide bonds. The van der Waals surface area contributed by atoms with Gasteiger partial charge in [-0.1, -0.05) is 13.0 Å². The Labute approximate surface area is 147 Å². The smallest absolute Gasteiger partial charge is 0.139 e. The molecule has 6 heteroatoms. The molecule has 0 unspecified atom stereocenters. The molecular weight excluding hydrogens is 312 g/mol. The van der Waals surface area contributed by atoms with Crippen LogP contribution < -0.4 is 10.6 Å². The molecule has 130 valence electrons. The number of nitrogens with zero attached hydrogens (tertiary/aromatic N) is 4. The molecule has 3 aromatic heterocycles. The highest BCUT2D eigenvalue weighted by molar-refractivity contribution is 5.50. The summed E-state index contributed by atoms with van der Waals surface area (Å²) in [5, 5.41) is 7.00. The zero-order chi connectivity index (χ0) is 17.2. The van der Waals surface area contributed by atoms with E-state index in [4.69, 9.17) is 9.97 Å². The number of fused-ring (bicyclic) bond motifs is 2. The maximum absolute atomic E-state index is 4.76. The van der Waals surface area contributed by atoms with Crippen LogP contribution in [0.1, 0.15) is 35.3 Å². The summed E-state index contributed by atoms with van der Waals surface area (Å²) in [5.74, 6) is 1.89. The molecular formula is C19H24N6. The van der Waals surface area contributed by atoms with Gasteiger partial charge in [0.2, 0.25) is 0 Å². The third-order valence-corrected chi connectivity index (χ3v) is 4.79. The van der Waals surface area contributed by atoms with E-state index < -0.39 is 0 Å². The quantitative estimate of drug-likeness (QED) is 0.765. The molecule has 0 aromatic carbocycles. The minimum atomic E-state index is 0.699. The number of anilines is 1. The Morgan fingerprint density at radius 3 is 3.00 bits per heavy atom. The summed E-state index contributed by atoms with van der Waals surface area (Å²) in [7, 11) is 0. The van der Waals surface area contributed by atoms with E-state index >= 15 is 0 Å². The SMILES string of the molecule is CCc1nc2c(c(NCc3cnc4c(C)cccn34)n1)CCNCC2. The lowest BCUT2D eigenvalue weighted by Crippen LogP contribution is -2.16. The molecule has 1 aliphatic heterocycles. The molecule has 25 heavy (non-hydrogen) atoms. The van der Waals surface area contributed by atoms with Crippen LogP contribution >= 0.6 is 0 Å². The highest BCUT2D eigenvalue weighted by Crippen LogP contribution is 2.21. The highest BCUT2D eigenvalue weighted by atomic mass is 15.1. The van der Waals surface area contributed by atoms with E-state index in [1.807, 2.05) is 6.20 Å². The molecule has 0 spiro atoms. The Hall–Kier alpha value is -2.47. The first-order valence-electron chi connectivity index (χ1n) is 9.01. The Balaban J connectivity index is 1.65. The van der Waals surface area contributed by atoms with Crippen LogP contribution in [0.15, 0.2) is 24.5 Å². The van der Waals surface area contributed by atoms with Crippen LogP contribution in [0.5, 0.6) is 0 Å². The van der Waals surface area contributed by atoms with Gasteiger partial charge in [0, 0.05) is 31.1 Å². The predicted octanol–water partition coefficient (Wildman–Crippen LogP) is 2.30. The van der Waals surface area contributed by atoms with Crippen molar-refractivity contribution in [2.75, 3.05) is 18.4 Å². The van der Waals surface area contributed by atoms with Crippen molar-refractivity contribution in [2.45, 2.75) is 39.7 Å². The third-order valence-electron chi connectivity index (χ3n) is 4.79. The van der Waals surface area contributed by atoms with Crippen molar-refractivity contribution in [2.24, 2.45) is 0 Å². The molecule has 0 radical (unpaired) electrons. The zero-order valence-electron chi connectivity index (χ0n) is 14.8. The number of rotatable bonds is 4. The number of aromatic nitrogens is 4. The third kappa shape index (κ3) is 3.09. The standard InChI is InChI=1S/C19H24N6/c1-3-17-23-16-7-9-20-8-6-15(16)18(24-17)21-11-14-12-22-19-13(2)5-4-10-25(14)19/h4-5,10,12,20H,3,6-9,11H2,1-2H3,(H,21,23,24). The van der Waals surface area contributed by atoms with E-state index in [-0.39, 0.29) is 0 Å². The van der Waals surface area contributed by atoms with Crippen molar-refractivity contribution in [3.8, 4) is 0 Å². The van der Waals surface area contributed by atoms with Gasteiger partial charge in [0.1, 0.15) is 17.3 Å². The van der Waals surface area contributed by atoms with Crippen molar-refractivity contribution < 1.29 is 0 Å². The fourth-order valence-corrected chi connectivity index (χ4v) is 3.41. The normalized spacial score (nSPS) is 14.3. The van der Waals surface area contributed by atoms with Gasteiger partial charge in [-0.05, 0) is 31.5 Å². The zero-order valence-corrected chi connectivity index (χ0v) is 14.8. The molecule has 2 N–H and O–H groups in total. The summed E-state index contributed by atoms with van der Waals surface area (Å²) in [5.41, 5.74) is 5.78. The topological polar surface area (TPSA) is 67.1 Å². The van der Waals surface area contributed by atoms with Crippen LogP contribution in [0.3, 0.4) is 0 Å². The maximum atomic E-state index is 4.76. The van der Waals surface area contributed by atoms with Gasteiger partial charge in [0.25, 0.3) is 0 Å². The van der Waals surface area contributed by atoms with Gasteiger partial charge < -0.3 is 15.0 Å². The summed E-state index contributed by atoms with van der Waals surface area (Å²) in [6.45, 7) is 6.85. The van der Waals surface area contributed by atoms with Crippen molar-refractivity contribution in [1.82, 2.24) is 24.7 Å². The largest absolute Gasteiger partial charge is 0.364 e. The molecule has 4 heterocycles. The van der Waals surface area contributed by atoms with Crippen LogP contribution in [0.25, 0.3) is 5.65 Å². The monoisotopic (exact) mass is 336 g/mol. The van der Waals surface area contributed by atoms with Crippen molar-refractivity contribution in [3.63, 3.8) is 0 Å². The number of pyridine rings is 1. The Bertz CT molecular complexity index is 898. The van der Waals surface area contributed by atoms with E-state index in [1.54, 1.807) is 0 Å². The molecule has 0 saturated carbocycles. The van der Waals surface area contributed by atoms with E-state index in [2.05, 4.69) is 52.2 Å². The first-order valence-corrected chi connectivity index (χ1v) is 9.01. The van der Waals surface area contributed by atoms with Gasteiger partial charge in [0.15, 0.2) is 0 Å². The number of imidazole rings is 1. The summed E-state index contributed by atoms with van der Waals surface area (Å²) in [4.78, 5) is 14.1. The second-order valence-corrected chi connectivity index (χ2v) is 6.51. The molecule has 6 nitrogen and oxygen atoms in total. The first-order chi connectivity index (χ1) is 12.3. The Morgan fingerprint density at radius 2 is 2.12 bits per heavy atom. The van der Waals surface area contributed by atoms with Gasteiger partial charge in [-0.15, -0.1) is 0 Å². The second kappa shape index (κ2) is 6.80. The lowest BCUT2D eigenvalue weighted by Gasteiger charge is -2.14. The van der Waals surface area contributed by atoms with E-state index in [9.17, 15) is 0 Å². The summed E-state index contributed by atoms with van der Waals surface area (Å²) >= 11 is 0. The molecule has 0 aliphatic carbocycles. The van der Waals surface area contributed by atoms with Crippen molar-refractivity contribution >= 4 is 11.5 Å². The van der Waals surface area contributed by atoms with Gasteiger partial charge in [-0.25, -0.2) is 15.0 Å². The van der Waals surface area contributed by atoms with Crippen LogP contribution in [0.4, 0.5) is 5.82 Å². The predicted molar refractivity (Wildman–Crippen MR) is 98.9 cm³/mol. The van der Waals surface area contributed by atoms with Crippen molar-refractivity contribution in [3.05, 3.63) is 52.9 Å². The Morgan fingerprint density at radius 1 is 1.24 bits per heavy atom. The van der Waals surface area contributed by atoms with Gasteiger partial charge >= 0.3 is 0 Å². The summed E-state index contributed by atoms with van der Waals surface area (Å²) in [6, 6.07) is 4.15. The summed E-state index contributed by atoms with van der Waals surface area (Å²) < 4.78 is 2.14. The van der Waals surface area contributed by atoms with Gasteiger partial charge in [-0.3, -0.25) is 0 Å². The van der Waals surface area contributed by atoms with Gasteiger partial charge in [-0.2, -0.15) is 0 Å².